The molecule has 0 fully saturated rings. The Morgan fingerprint density at radius 3 is 2.86 bits per heavy atom. The van der Waals surface area contributed by atoms with Crippen LogP contribution in [0.4, 0.5) is 11.4 Å². The summed E-state index contributed by atoms with van der Waals surface area (Å²) in [6.07, 6.45) is 0. The Hall–Kier alpha value is -1.27. The fourth-order valence-electron chi connectivity index (χ4n) is 2.39. The largest absolute Gasteiger partial charge is 0.373 e. The average molecular weight is 359 g/mol. The second-order valence-electron chi connectivity index (χ2n) is 4.92. The van der Waals surface area contributed by atoms with Crippen LogP contribution in [0.2, 0.25) is 0 Å². The van der Waals surface area contributed by atoms with Gasteiger partial charge < -0.3 is 15.5 Å². The van der Waals surface area contributed by atoms with Crippen LogP contribution in [0, 0.1) is 5.41 Å². The van der Waals surface area contributed by atoms with Crippen LogP contribution in [-0.4, -0.2) is 26.0 Å². The van der Waals surface area contributed by atoms with E-state index in [9.17, 15) is 0 Å². The first-order chi connectivity index (χ1) is 9.74. The van der Waals surface area contributed by atoms with E-state index in [1.54, 1.807) is 11.3 Å². The lowest BCUT2D eigenvalue weighted by molar-refractivity contribution is 0.707. The summed E-state index contributed by atoms with van der Waals surface area (Å²) in [6.45, 7) is 2.89. The lowest BCUT2D eigenvalue weighted by atomic mass is 10.1. The molecule has 2 heterocycles. The van der Waals surface area contributed by atoms with E-state index in [0.29, 0.717) is 5.84 Å². The zero-order chi connectivity index (χ0) is 13.9. The molecule has 1 aromatic heterocycles. The lowest BCUT2D eigenvalue weighted by Gasteiger charge is -2.19. The lowest BCUT2D eigenvalue weighted by Crippen LogP contribution is -2.24. The van der Waals surface area contributed by atoms with Crippen molar-refractivity contribution >= 4 is 53.4 Å². The minimum atomic E-state index is 0. The van der Waals surface area contributed by atoms with E-state index < -0.39 is 0 Å². The summed E-state index contributed by atoms with van der Waals surface area (Å²) >= 11 is 1.58. The Kier molecular flexibility index (Phi) is 7.16. The summed E-state index contributed by atoms with van der Waals surface area (Å²) < 4.78 is 0. The molecule has 7 heteroatoms. The second-order valence-corrected chi connectivity index (χ2v) is 5.87. The predicted octanol–water partition coefficient (Wildman–Crippen LogP) is 3.57. The third-order valence-corrected chi connectivity index (χ3v) is 4.35. The van der Waals surface area contributed by atoms with Gasteiger partial charge in [-0.2, -0.15) is 0 Å². The maximum atomic E-state index is 8.08. The topological polar surface area (TPSA) is 51.1 Å². The highest BCUT2D eigenvalue weighted by Gasteiger charge is 2.12. The molecule has 4 nitrogen and oxygen atoms in total. The molecule has 0 spiro atoms. The maximum absolute atomic E-state index is 8.08. The Labute approximate surface area is 147 Å². The molecule has 1 aliphatic rings. The summed E-state index contributed by atoms with van der Waals surface area (Å²) in [5, 5.41) is 16.7. The van der Waals surface area contributed by atoms with Crippen LogP contribution in [0.25, 0.3) is 0 Å². The van der Waals surface area contributed by atoms with Crippen molar-refractivity contribution in [3.63, 3.8) is 0 Å². The third-order valence-electron chi connectivity index (χ3n) is 3.47. The molecular weight excluding hydrogens is 339 g/mol. The number of nitrogens with zero attached hydrogens (tertiary/aromatic N) is 1. The summed E-state index contributed by atoms with van der Waals surface area (Å²) in [5.41, 5.74) is 3.51. The van der Waals surface area contributed by atoms with Crippen molar-refractivity contribution in [1.82, 2.24) is 5.32 Å². The van der Waals surface area contributed by atoms with Crippen molar-refractivity contribution in [3.05, 3.63) is 46.2 Å². The van der Waals surface area contributed by atoms with Gasteiger partial charge in [0.1, 0.15) is 5.84 Å². The van der Waals surface area contributed by atoms with Gasteiger partial charge in [0.05, 0.1) is 4.88 Å². The molecule has 3 N–H and O–H groups in total. The van der Waals surface area contributed by atoms with Gasteiger partial charge in [0.15, 0.2) is 0 Å². The van der Waals surface area contributed by atoms with Crippen LogP contribution in [0.15, 0.2) is 35.7 Å². The summed E-state index contributed by atoms with van der Waals surface area (Å²) in [5.74, 6) is 0.454. The molecule has 0 saturated heterocycles. The van der Waals surface area contributed by atoms with Gasteiger partial charge in [0, 0.05) is 38.1 Å². The van der Waals surface area contributed by atoms with Crippen molar-refractivity contribution < 1.29 is 0 Å². The number of nitrogens with one attached hydrogen (secondary N) is 3. The molecule has 0 unspecified atom stereocenters. The number of hydrogen-bond acceptors (Lipinski definition) is 4. The standard InChI is InChI=1S/C15H18N4S.2ClH/c1-19-7-6-17-10-11-9-12(4-5-13(11)19)18-15(16)14-3-2-8-20-14;;/h2-5,8-9,17H,6-7,10H2,1H3,(H2,16,18);2*1H. The van der Waals surface area contributed by atoms with Crippen LogP contribution in [-0.2, 0) is 6.54 Å². The van der Waals surface area contributed by atoms with Crippen LogP contribution in [0.5, 0.6) is 0 Å². The summed E-state index contributed by atoms with van der Waals surface area (Å²) in [4.78, 5) is 3.22. The van der Waals surface area contributed by atoms with Crippen molar-refractivity contribution in [2.24, 2.45) is 0 Å². The predicted molar refractivity (Wildman–Crippen MR) is 101 cm³/mol. The molecule has 0 bridgehead atoms. The van der Waals surface area contributed by atoms with E-state index in [2.05, 4.69) is 34.7 Å². The first-order valence-corrected chi connectivity index (χ1v) is 7.56. The Bertz CT molecular complexity index is 616. The smallest absolute Gasteiger partial charge is 0.140 e. The average Bonchev–Trinajstić information content (AvgIpc) is 2.92. The van der Waals surface area contributed by atoms with E-state index >= 15 is 0 Å². The Morgan fingerprint density at radius 1 is 1.32 bits per heavy atom. The molecule has 3 rings (SSSR count). The van der Waals surface area contributed by atoms with Crippen LogP contribution in [0.1, 0.15) is 10.4 Å². The molecule has 2 aromatic rings. The van der Waals surface area contributed by atoms with Crippen molar-refractivity contribution in [2.75, 3.05) is 30.4 Å². The van der Waals surface area contributed by atoms with Crippen LogP contribution < -0.4 is 15.5 Å². The summed E-state index contributed by atoms with van der Waals surface area (Å²) in [6, 6.07) is 10.2. The first-order valence-electron chi connectivity index (χ1n) is 6.68. The zero-order valence-corrected chi connectivity index (χ0v) is 14.7. The summed E-state index contributed by atoms with van der Waals surface area (Å²) in [7, 11) is 2.12. The van der Waals surface area contributed by atoms with Gasteiger partial charge in [-0.05, 0) is 35.2 Å². The highest BCUT2D eigenvalue weighted by Crippen LogP contribution is 2.25. The fraction of sp³-hybridized carbons (Fsp3) is 0.267. The van der Waals surface area contributed by atoms with Crippen molar-refractivity contribution in [1.29, 1.82) is 5.41 Å². The zero-order valence-electron chi connectivity index (χ0n) is 12.3. The molecule has 0 saturated carbocycles. The number of hydrogen-bond donors (Lipinski definition) is 3. The van der Waals surface area contributed by atoms with E-state index in [-0.39, 0.29) is 24.8 Å². The molecular formula is C15H20Cl2N4S. The number of likely N-dealkylation sites (N-methyl/N-ethyl adjacent to an activating group) is 1. The van der Waals surface area contributed by atoms with Gasteiger partial charge in [-0.15, -0.1) is 36.2 Å². The van der Waals surface area contributed by atoms with Crippen LogP contribution >= 0.6 is 36.2 Å². The highest BCUT2D eigenvalue weighted by atomic mass is 35.5. The molecule has 1 aromatic carbocycles. The van der Waals surface area contributed by atoms with E-state index in [0.717, 1.165) is 30.2 Å². The number of thiophene rings is 1. The van der Waals surface area contributed by atoms with E-state index in [1.807, 2.05) is 23.6 Å². The van der Waals surface area contributed by atoms with Gasteiger partial charge in [-0.1, -0.05) is 6.07 Å². The third kappa shape index (κ3) is 4.14. The molecule has 0 atom stereocenters. The minimum Gasteiger partial charge on any atom is -0.373 e. The number of amidine groups is 1. The number of anilines is 2. The molecule has 0 radical (unpaired) electrons. The molecule has 1 aliphatic heterocycles. The van der Waals surface area contributed by atoms with Crippen molar-refractivity contribution in [3.8, 4) is 0 Å². The number of halogens is 2. The molecule has 0 amide bonds. The number of fused-ring (bicyclic) bond motifs is 1. The minimum absolute atomic E-state index is 0. The van der Waals surface area contributed by atoms with Gasteiger partial charge in [0.2, 0.25) is 0 Å². The van der Waals surface area contributed by atoms with Crippen LogP contribution in [0.3, 0.4) is 0 Å². The van der Waals surface area contributed by atoms with Gasteiger partial charge in [0.25, 0.3) is 0 Å². The second kappa shape index (κ2) is 8.39. The van der Waals surface area contributed by atoms with Crippen molar-refractivity contribution in [2.45, 2.75) is 6.54 Å². The highest BCUT2D eigenvalue weighted by molar-refractivity contribution is 7.12. The van der Waals surface area contributed by atoms with Gasteiger partial charge in [-0.3, -0.25) is 5.41 Å². The SMILES string of the molecule is CN1CCNCc2cc(NC(=N)c3cccs3)ccc21.Cl.Cl. The monoisotopic (exact) mass is 358 g/mol. The Morgan fingerprint density at radius 2 is 2.14 bits per heavy atom. The molecule has 120 valence electrons. The van der Waals surface area contributed by atoms with Gasteiger partial charge >= 0.3 is 0 Å². The first kappa shape index (κ1) is 18.8. The molecule has 22 heavy (non-hydrogen) atoms. The molecule has 0 aliphatic carbocycles. The Balaban J connectivity index is 0.00000121. The van der Waals surface area contributed by atoms with E-state index in [4.69, 9.17) is 5.41 Å². The number of benzene rings is 1. The fourth-order valence-corrected chi connectivity index (χ4v) is 3.02. The van der Waals surface area contributed by atoms with E-state index in [1.165, 1.54) is 11.3 Å². The van der Waals surface area contributed by atoms with Gasteiger partial charge in [-0.25, -0.2) is 0 Å². The maximum Gasteiger partial charge on any atom is 0.140 e. The number of rotatable bonds is 2. The quantitative estimate of drug-likeness (QED) is 0.568. The normalized spacial score (nSPS) is 13.2.